The molecule has 1 aromatic heterocycles. The molecule has 1 aromatic rings. The summed E-state index contributed by atoms with van der Waals surface area (Å²) >= 11 is 0. The van der Waals surface area contributed by atoms with Crippen LogP contribution >= 0.6 is 0 Å². The molecular formula is C11H16O3. The number of carbonyl (C=O) groups is 1. The number of carbonyl (C=O) groups excluding carboxylic acids is 1. The monoisotopic (exact) mass is 196 g/mol. The molecule has 0 saturated heterocycles. The highest BCUT2D eigenvalue weighted by Crippen LogP contribution is 2.15. The fourth-order valence-corrected chi connectivity index (χ4v) is 1.40. The molecule has 14 heavy (non-hydrogen) atoms. The number of ether oxygens (including phenoxy) is 1. The highest BCUT2D eigenvalue weighted by molar-refractivity contribution is 5.72. The molecule has 0 radical (unpaired) electrons. The summed E-state index contributed by atoms with van der Waals surface area (Å²) in [5, 5.41) is 0. The summed E-state index contributed by atoms with van der Waals surface area (Å²) in [5.74, 6) is 1.46. The molecular weight excluding hydrogens is 180 g/mol. The summed E-state index contributed by atoms with van der Waals surface area (Å²) in [4.78, 5) is 11.3. The molecule has 0 spiro atoms. The summed E-state index contributed by atoms with van der Waals surface area (Å²) < 4.78 is 10.1. The van der Waals surface area contributed by atoms with Gasteiger partial charge in [-0.3, -0.25) is 4.79 Å². The Hall–Kier alpha value is -1.25. The molecule has 1 heterocycles. The van der Waals surface area contributed by atoms with Crippen LogP contribution in [-0.2, 0) is 16.0 Å². The van der Waals surface area contributed by atoms with E-state index < -0.39 is 0 Å². The molecule has 0 saturated carbocycles. The predicted molar refractivity (Wildman–Crippen MR) is 52.9 cm³/mol. The second kappa shape index (κ2) is 4.84. The largest absolute Gasteiger partial charge is 0.469 e. The van der Waals surface area contributed by atoms with Gasteiger partial charge >= 0.3 is 5.97 Å². The standard InChI is InChI=1S/C11H16O3/c1-4-9(11(12)13-3)7-10-6-5-8(2)14-10/h5-6,9H,4,7H2,1-3H3. The highest BCUT2D eigenvalue weighted by Gasteiger charge is 2.18. The third-order valence-electron chi connectivity index (χ3n) is 2.27. The second-order valence-electron chi connectivity index (χ2n) is 3.34. The summed E-state index contributed by atoms with van der Waals surface area (Å²) in [6.07, 6.45) is 1.39. The van der Waals surface area contributed by atoms with Crippen LogP contribution in [0.1, 0.15) is 24.9 Å². The van der Waals surface area contributed by atoms with E-state index in [2.05, 4.69) is 0 Å². The van der Waals surface area contributed by atoms with Crippen molar-refractivity contribution < 1.29 is 13.9 Å². The molecule has 0 aliphatic rings. The molecule has 0 aliphatic heterocycles. The molecule has 1 atom stereocenters. The molecule has 0 aliphatic carbocycles. The molecule has 1 unspecified atom stereocenters. The Morgan fingerprint density at radius 1 is 1.57 bits per heavy atom. The van der Waals surface area contributed by atoms with Crippen LogP contribution < -0.4 is 0 Å². The lowest BCUT2D eigenvalue weighted by molar-refractivity contribution is -0.145. The van der Waals surface area contributed by atoms with E-state index in [4.69, 9.17) is 9.15 Å². The zero-order valence-electron chi connectivity index (χ0n) is 8.87. The number of aryl methyl sites for hydroxylation is 1. The maximum absolute atomic E-state index is 11.3. The van der Waals surface area contributed by atoms with Gasteiger partial charge in [-0.05, 0) is 25.5 Å². The van der Waals surface area contributed by atoms with Crippen LogP contribution in [0.25, 0.3) is 0 Å². The first-order chi connectivity index (χ1) is 6.67. The molecule has 0 amide bonds. The zero-order valence-corrected chi connectivity index (χ0v) is 8.87. The van der Waals surface area contributed by atoms with Crippen LogP contribution in [0.4, 0.5) is 0 Å². The van der Waals surface area contributed by atoms with E-state index in [0.717, 1.165) is 17.9 Å². The van der Waals surface area contributed by atoms with Crippen LogP contribution in [0.2, 0.25) is 0 Å². The first-order valence-electron chi connectivity index (χ1n) is 4.80. The van der Waals surface area contributed by atoms with E-state index in [9.17, 15) is 4.79 Å². The maximum Gasteiger partial charge on any atom is 0.309 e. The van der Waals surface area contributed by atoms with E-state index in [1.54, 1.807) is 0 Å². The zero-order chi connectivity index (χ0) is 10.6. The minimum absolute atomic E-state index is 0.0921. The van der Waals surface area contributed by atoms with Crippen LogP contribution in [0.3, 0.4) is 0 Å². The number of methoxy groups -OCH3 is 1. The lowest BCUT2D eigenvalue weighted by Gasteiger charge is -2.09. The molecule has 3 heteroatoms. The van der Waals surface area contributed by atoms with Crippen molar-refractivity contribution in [1.29, 1.82) is 0 Å². The van der Waals surface area contributed by atoms with E-state index in [1.165, 1.54) is 7.11 Å². The van der Waals surface area contributed by atoms with Crippen molar-refractivity contribution in [2.75, 3.05) is 7.11 Å². The Morgan fingerprint density at radius 2 is 2.29 bits per heavy atom. The quantitative estimate of drug-likeness (QED) is 0.694. The van der Waals surface area contributed by atoms with Gasteiger partial charge in [-0.1, -0.05) is 6.92 Å². The Morgan fingerprint density at radius 3 is 2.71 bits per heavy atom. The van der Waals surface area contributed by atoms with Crippen LogP contribution in [0.5, 0.6) is 0 Å². The number of hydrogen-bond acceptors (Lipinski definition) is 3. The van der Waals surface area contributed by atoms with Crippen molar-refractivity contribution in [2.45, 2.75) is 26.7 Å². The predicted octanol–water partition coefficient (Wildman–Crippen LogP) is 2.33. The van der Waals surface area contributed by atoms with Crippen LogP contribution in [0, 0.1) is 12.8 Å². The molecule has 78 valence electrons. The van der Waals surface area contributed by atoms with Gasteiger partial charge < -0.3 is 9.15 Å². The van der Waals surface area contributed by atoms with Gasteiger partial charge in [-0.15, -0.1) is 0 Å². The van der Waals surface area contributed by atoms with Crippen molar-refractivity contribution in [1.82, 2.24) is 0 Å². The molecule has 0 fully saturated rings. The SMILES string of the molecule is CCC(Cc1ccc(C)o1)C(=O)OC. The van der Waals surface area contributed by atoms with E-state index in [1.807, 2.05) is 26.0 Å². The van der Waals surface area contributed by atoms with E-state index in [0.29, 0.717) is 6.42 Å². The number of furan rings is 1. The van der Waals surface area contributed by atoms with Gasteiger partial charge in [0.15, 0.2) is 0 Å². The fourth-order valence-electron chi connectivity index (χ4n) is 1.40. The van der Waals surface area contributed by atoms with E-state index >= 15 is 0 Å². The van der Waals surface area contributed by atoms with E-state index in [-0.39, 0.29) is 11.9 Å². The lowest BCUT2D eigenvalue weighted by Crippen LogP contribution is -2.17. The van der Waals surface area contributed by atoms with Crippen molar-refractivity contribution >= 4 is 5.97 Å². The number of hydrogen-bond donors (Lipinski definition) is 0. The second-order valence-corrected chi connectivity index (χ2v) is 3.34. The summed E-state index contributed by atoms with van der Waals surface area (Å²) in [5.41, 5.74) is 0. The molecule has 0 aromatic carbocycles. The number of esters is 1. The third-order valence-corrected chi connectivity index (χ3v) is 2.27. The Kier molecular flexibility index (Phi) is 3.74. The van der Waals surface area contributed by atoms with Gasteiger partial charge in [0.25, 0.3) is 0 Å². The summed E-state index contributed by atoms with van der Waals surface area (Å²) in [7, 11) is 1.42. The highest BCUT2D eigenvalue weighted by atomic mass is 16.5. The third kappa shape index (κ3) is 2.62. The van der Waals surface area contributed by atoms with Crippen molar-refractivity contribution in [3.63, 3.8) is 0 Å². The molecule has 3 nitrogen and oxygen atoms in total. The molecule has 1 rings (SSSR count). The van der Waals surface area contributed by atoms with Gasteiger partial charge in [0.05, 0.1) is 13.0 Å². The van der Waals surface area contributed by atoms with Crippen LogP contribution in [-0.4, -0.2) is 13.1 Å². The van der Waals surface area contributed by atoms with Crippen molar-refractivity contribution in [3.05, 3.63) is 23.7 Å². The Labute approximate surface area is 84.1 Å². The van der Waals surface area contributed by atoms with Gasteiger partial charge in [0, 0.05) is 6.42 Å². The Bertz CT molecular complexity index is 301. The summed E-state index contributed by atoms with van der Waals surface area (Å²) in [6.45, 7) is 3.86. The fraction of sp³-hybridized carbons (Fsp3) is 0.545. The van der Waals surface area contributed by atoms with Crippen LogP contribution in [0.15, 0.2) is 16.5 Å². The number of rotatable bonds is 4. The van der Waals surface area contributed by atoms with Gasteiger partial charge in [0.2, 0.25) is 0 Å². The van der Waals surface area contributed by atoms with Gasteiger partial charge in [-0.2, -0.15) is 0 Å². The maximum atomic E-state index is 11.3. The normalized spacial score (nSPS) is 12.5. The van der Waals surface area contributed by atoms with Gasteiger partial charge in [0.1, 0.15) is 11.5 Å². The smallest absolute Gasteiger partial charge is 0.309 e. The molecule has 0 N–H and O–H groups in total. The topological polar surface area (TPSA) is 39.4 Å². The first-order valence-corrected chi connectivity index (χ1v) is 4.80. The van der Waals surface area contributed by atoms with Crippen molar-refractivity contribution in [2.24, 2.45) is 5.92 Å². The Balaban J connectivity index is 2.61. The summed E-state index contributed by atoms with van der Waals surface area (Å²) in [6, 6.07) is 3.81. The lowest BCUT2D eigenvalue weighted by atomic mass is 10.0. The van der Waals surface area contributed by atoms with Gasteiger partial charge in [-0.25, -0.2) is 0 Å². The van der Waals surface area contributed by atoms with Crippen molar-refractivity contribution in [3.8, 4) is 0 Å². The average molecular weight is 196 g/mol. The average Bonchev–Trinajstić information content (AvgIpc) is 2.59. The minimum atomic E-state index is -0.165. The molecule has 0 bridgehead atoms. The minimum Gasteiger partial charge on any atom is -0.469 e. The first kappa shape index (κ1) is 10.8.